The summed E-state index contributed by atoms with van der Waals surface area (Å²) >= 11 is 0. The van der Waals surface area contributed by atoms with Crippen molar-refractivity contribution in [3.05, 3.63) is 47.5 Å². The number of carboxylic acid groups (broad SMARTS) is 2. The molecule has 0 unspecified atom stereocenters. The van der Waals surface area contributed by atoms with Gasteiger partial charge in [-0.05, 0) is 18.2 Å². The molecule has 0 bridgehead atoms. The lowest BCUT2D eigenvalue weighted by atomic mass is 10.0. The Labute approximate surface area is 107 Å². The summed E-state index contributed by atoms with van der Waals surface area (Å²) in [7, 11) is 0. The van der Waals surface area contributed by atoms with Gasteiger partial charge in [0.25, 0.3) is 0 Å². The molecule has 0 saturated heterocycles. The Bertz CT molecular complexity index is 832. The first-order chi connectivity index (χ1) is 9.08. The second kappa shape index (κ2) is 3.84. The fourth-order valence-electron chi connectivity index (χ4n) is 2.28. The zero-order valence-electron chi connectivity index (χ0n) is 9.68. The molecule has 0 aliphatic rings. The molecule has 0 spiro atoms. The van der Waals surface area contributed by atoms with Crippen LogP contribution < -0.4 is 0 Å². The van der Waals surface area contributed by atoms with Crippen LogP contribution in [0, 0.1) is 0 Å². The van der Waals surface area contributed by atoms with Gasteiger partial charge in [0, 0.05) is 21.8 Å². The van der Waals surface area contributed by atoms with Crippen LogP contribution in [0.15, 0.2) is 36.4 Å². The van der Waals surface area contributed by atoms with Crippen LogP contribution >= 0.6 is 0 Å². The lowest BCUT2D eigenvalue weighted by Gasteiger charge is -2.01. The number of carboxylic acids is 2. The van der Waals surface area contributed by atoms with Crippen molar-refractivity contribution in [1.29, 1.82) is 0 Å². The van der Waals surface area contributed by atoms with Crippen molar-refractivity contribution < 1.29 is 19.8 Å². The fourth-order valence-corrected chi connectivity index (χ4v) is 2.28. The van der Waals surface area contributed by atoms with Crippen molar-refractivity contribution in [3.63, 3.8) is 0 Å². The van der Waals surface area contributed by atoms with Gasteiger partial charge in [0.2, 0.25) is 0 Å². The van der Waals surface area contributed by atoms with Crippen LogP contribution in [0.2, 0.25) is 0 Å². The summed E-state index contributed by atoms with van der Waals surface area (Å²) in [6.45, 7) is 0. The van der Waals surface area contributed by atoms with Gasteiger partial charge in [-0.15, -0.1) is 0 Å². The lowest BCUT2D eigenvalue weighted by molar-refractivity contribution is 0.0696. The van der Waals surface area contributed by atoms with E-state index in [4.69, 9.17) is 5.11 Å². The summed E-state index contributed by atoms with van der Waals surface area (Å²) in [6, 6.07) is 9.91. The number of aromatic nitrogens is 1. The standard InChI is InChI=1S/C14H9NO4/c16-13(17)7-5-9(14(18)19)12-8-3-1-2-4-10(8)15-11(12)6-7/h1-6,15H,(H,16,17)(H,18,19). The van der Waals surface area contributed by atoms with Crippen molar-refractivity contribution >= 4 is 33.7 Å². The Morgan fingerprint density at radius 2 is 1.68 bits per heavy atom. The van der Waals surface area contributed by atoms with Crippen LogP contribution in [0.25, 0.3) is 21.8 Å². The molecule has 0 amide bonds. The summed E-state index contributed by atoms with van der Waals surface area (Å²) < 4.78 is 0. The van der Waals surface area contributed by atoms with Crippen LogP contribution in [0.1, 0.15) is 20.7 Å². The number of rotatable bonds is 2. The summed E-state index contributed by atoms with van der Waals surface area (Å²) in [6.07, 6.45) is 0. The first-order valence-electron chi connectivity index (χ1n) is 5.59. The minimum atomic E-state index is -1.15. The number of aromatic amines is 1. The molecule has 0 atom stereocenters. The minimum absolute atomic E-state index is 0.00708. The zero-order chi connectivity index (χ0) is 13.6. The average Bonchev–Trinajstić information content (AvgIpc) is 2.75. The number of carbonyl (C=O) groups is 2. The van der Waals surface area contributed by atoms with Crippen LogP contribution in [0.3, 0.4) is 0 Å². The number of fused-ring (bicyclic) bond motifs is 3. The molecule has 94 valence electrons. The maximum atomic E-state index is 11.3. The van der Waals surface area contributed by atoms with E-state index in [2.05, 4.69) is 4.98 Å². The lowest BCUT2D eigenvalue weighted by Crippen LogP contribution is -2.02. The van der Waals surface area contributed by atoms with Crippen LogP contribution in [-0.2, 0) is 0 Å². The molecule has 19 heavy (non-hydrogen) atoms. The van der Waals surface area contributed by atoms with E-state index in [0.29, 0.717) is 10.9 Å². The van der Waals surface area contributed by atoms with Gasteiger partial charge >= 0.3 is 11.9 Å². The summed E-state index contributed by atoms with van der Waals surface area (Å²) in [4.78, 5) is 25.4. The highest BCUT2D eigenvalue weighted by Gasteiger charge is 2.17. The molecule has 0 radical (unpaired) electrons. The van der Waals surface area contributed by atoms with Gasteiger partial charge in [0.15, 0.2) is 0 Å². The van der Waals surface area contributed by atoms with Gasteiger partial charge in [0.05, 0.1) is 11.1 Å². The van der Waals surface area contributed by atoms with Gasteiger partial charge < -0.3 is 15.2 Å². The zero-order valence-corrected chi connectivity index (χ0v) is 9.68. The molecule has 0 aliphatic heterocycles. The van der Waals surface area contributed by atoms with Gasteiger partial charge in [-0.25, -0.2) is 9.59 Å². The Balaban J connectivity index is 2.52. The number of hydrogen-bond donors (Lipinski definition) is 3. The second-order valence-electron chi connectivity index (χ2n) is 4.23. The highest BCUT2D eigenvalue weighted by atomic mass is 16.4. The van der Waals surface area contributed by atoms with Crippen molar-refractivity contribution in [2.24, 2.45) is 0 Å². The van der Waals surface area contributed by atoms with E-state index in [1.54, 1.807) is 6.07 Å². The van der Waals surface area contributed by atoms with Crippen molar-refractivity contribution in [2.75, 3.05) is 0 Å². The van der Waals surface area contributed by atoms with Gasteiger partial charge in [-0.2, -0.15) is 0 Å². The van der Waals surface area contributed by atoms with E-state index in [0.717, 1.165) is 10.9 Å². The predicted molar refractivity (Wildman–Crippen MR) is 69.7 cm³/mol. The highest BCUT2D eigenvalue weighted by molar-refractivity contribution is 6.17. The molecule has 0 saturated carbocycles. The van der Waals surface area contributed by atoms with E-state index in [1.165, 1.54) is 12.1 Å². The Kier molecular flexibility index (Phi) is 2.28. The number of benzene rings is 2. The maximum absolute atomic E-state index is 11.3. The molecule has 1 aromatic heterocycles. The molecule has 1 heterocycles. The van der Waals surface area contributed by atoms with E-state index in [-0.39, 0.29) is 11.1 Å². The molecule has 0 fully saturated rings. The Hall–Kier alpha value is -2.82. The Morgan fingerprint density at radius 3 is 2.37 bits per heavy atom. The van der Waals surface area contributed by atoms with E-state index < -0.39 is 11.9 Å². The average molecular weight is 255 g/mol. The smallest absolute Gasteiger partial charge is 0.336 e. The molecule has 5 nitrogen and oxygen atoms in total. The van der Waals surface area contributed by atoms with E-state index >= 15 is 0 Å². The monoisotopic (exact) mass is 255 g/mol. The third-order valence-electron chi connectivity index (χ3n) is 3.08. The third-order valence-corrected chi connectivity index (χ3v) is 3.08. The van der Waals surface area contributed by atoms with E-state index in [9.17, 15) is 14.7 Å². The fraction of sp³-hybridized carbons (Fsp3) is 0. The Morgan fingerprint density at radius 1 is 0.947 bits per heavy atom. The van der Waals surface area contributed by atoms with Crippen LogP contribution in [-0.4, -0.2) is 27.1 Å². The second-order valence-corrected chi connectivity index (χ2v) is 4.23. The van der Waals surface area contributed by atoms with Crippen molar-refractivity contribution in [3.8, 4) is 0 Å². The maximum Gasteiger partial charge on any atom is 0.336 e. The van der Waals surface area contributed by atoms with Crippen molar-refractivity contribution in [2.45, 2.75) is 0 Å². The van der Waals surface area contributed by atoms with Crippen LogP contribution in [0.4, 0.5) is 0 Å². The predicted octanol–water partition coefficient (Wildman–Crippen LogP) is 2.72. The molecule has 3 aromatic rings. The molecule has 0 aliphatic carbocycles. The summed E-state index contributed by atoms with van der Waals surface area (Å²) in [5.41, 5.74) is 1.24. The number of H-pyrrole nitrogens is 1. The number of hydrogen-bond acceptors (Lipinski definition) is 2. The molecule has 2 aromatic carbocycles. The summed E-state index contributed by atoms with van der Waals surface area (Å²) in [5.74, 6) is -2.29. The molecule has 3 N–H and O–H groups in total. The van der Waals surface area contributed by atoms with Crippen LogP contribution in [0.5, 0.6) is 0 Å². The third kappa shape index (κ3) is 1.63. The van der Waals surface area contributed by atoms with Gasteiger partial charge in [0.1, 0.15) is 0 Å². The highest BCUT2D eigenvalue weighted by Crippen LogP contribution is 2.29. The SMILES string of the molecule is O=C(O)c1cc(C(=O)O)c2c(c1)[nH]c1ccccc12. The van der Waals surface area contributed by atoms with E-state index in [1.807, 2.05) is 18.2 Å². The first-order valence-corrected chi connectivity index (χ1v) is 5.59. The van der Waals surface area contributed by atoms with Crippen molar-refractivity contribution in [1.82, 2.24) is 4.98 Å². The number of aromatic carboxylic acids is 2. The largest absolute Gasteiger partial charge is 0.478 e. The molecule has 5 heteroatoms. The topological polar surface area (TPSA) is 90.4 Å². The summed E-state index contributed by atoms with van der Waals surface area (Å²) in [5, 5.41) is 19.6. The molecular formula is C14H9NO4. The normalized spacial score (nSPS) is 10.9. The number of para-hydroxylation sites is 1. The minimum Gasteiger partial charge on any atom is -0.478 e. The molecular weight excluding hydrogens is 246 g/mol. The number of nitrogens with one attached hydrogen (secondary N) is 1. The first kappa shape index (κ1) is 11.3. The molecule has 3 rings (SSSR count). The quantitative estimate of drug-likeness (QED) is 0.656. The van der Waals surface area contributed by atoms with Gasteiger partial charge in [-0.1, -0.05) is 18.2 Å². The van der Waals surface area contributed by atoms with Gasteiger partial charge in [-0.3, -0.25) is 0 Å².